The van der Waals surface area contributed by atoms with Crippen LogP contribution in [0.5, 0.6) is 11.5 Å². The summed E-state index contributed by atoms with van der Waals surface area (Å²) >= 11 is 0. The van der Waals surface area contributed by atoms with Crippen LogP contribution in [0.25, 0.3) is 0 Å². The highest BCUT2D eigenvalue weighted by Gasteiger charge is 2.15. The first-order chi connectivity index (χ1) is 12.2. The van der Waals surface area contributed by atoms with Gasteiger partial charge in [-0.3, -0.25) is 4.79 Å². The average Bonchev–Trinajstić information content (AvgIpc) is 2.66. The fourth-order valence-corrected chi connectivity index (χ4v) is 3.08. The molecule has 0 aliphatic heterocycles. The molecule has 2 aromatic rings. The number of benzene rings is 2. The Labute approximate surface area is 147 Å². The van der Waals surface area contributed by atoms with Gasteiger partial charge in [0.25, 0.3) is 5.91 Å². The number of anilines is 1. The van der Waals surface area contributed by atoms with Crippen LogP contribution in [-0.4, -0.2) is 19.6 Å². The van der Waals surface area contributed by atoms with Gasteiger partial charge in [-0.15, -0.1) is 0 Å². The fourth-order valence-electron chi connectivity index (χ4n) is 3.08. The maximum absolute atomic E-state index is 12.3. The first-order valence-corrected chi connectivity index (χ1v) is 8.33. The normalized spacial score (nSPS) is 12.6. The van der Waals surface area contributed by atoms with Crippen LogP contribution in [0, 0.1) is 11.3 Å². The Bertz CT molecular complexity index is 824. The van der Waals surface area contributed by atoms with E-state index in [-0.39, 0.29) is 12.5 Å². The Hall–Kier alpha value is -3.00. The Morgan fingerprint density at radius 2 is 2.04 bits per heavy atom. The molecular formula is C20H20N2O3. The lowest BCUT2D eigenvalue weighted by atomic mass is 9.90. The van der Waals surface area contributed by atoms with Crippen LogP contribution in [0.15, 0.2) is 36.4 Å². The lowest BCUT2D eigenvalue weighted by Gasteiger charge is -2.19. The monoisotopic (exact) mass is 336 g/mol. The largest absolute Gasteiger partial charge is 0.493 e. The number of fused-ring (bicyclic) bond motifs is 1. The highest BCUT2D eigenvalue weighted by Crippen LogP contribution is 2.29. The van der Waals surface area contributed by atoms with Crippen LogP contribution < -0.4 is 14.8 Å². The van der Waals surface area contributed by atoms with Crippen LogP contribution in [0.2, 0.25) is 0 Å². The van der Waals surface area contributed by atoms with E-state index in [1.165, 1.54) is 24.7 Å². The number of carbonyl (C=O) groups excluding carboxylic acids is 1. The molecule has 0 heterocycles. The molecule has 0 unspecified atom stereocenters. The zero-order valence-electron chi connectivity index (χ0n) is 14.2. The zero-order valence-corrected chi connectivity index (χ0v) is 14.2. The van der Waals surface area contributed by atoms with Crippen molar-refractivity contribution in [1.29, 1.82) is 5.26 Å². The van der Waals surface area contributed by atoms with Gasteiger partial charge in [-0.05, 0) is 55.0 Å². The van der Waals surface area contributed by atoms with Gasteiger partial charge < -0.3 is 14.8 Å². The maximum Gasteiger partial charge on any atom is 0.262 e. The van der Waals surface area contributed by atoms with Crippen molar-refractivity contribution in [2.45, 2.75) is 25.7 Å². The highest BCUT2D eigenvalue weighted by atomic mass is 16.5. The van der Waals surface area contributed by atoms with Crippen LogP contribution in [0.4, 0.5) is 5.69 Å². The first-order valence-electron chi connectivity index (χ1n) is 8.33. The second-order valence-corrected chi connectivity index (χ2v) is 5.96. The number of hydrogen-bond donors (Lipinski definition) is 1. The Balaban J connectivity index is 1.65. The van der Waals surface area contributed by atoms with Gasteiger partial charge in [0, 0.05) is 11.8 Å². The van der Waals surface area contributed by atoms with Crippen LogP contribution in [0.3, 0.4) is 0 Å². The van der Waals surface area contributed by atoms with Crippen LogP contribution in [0.1, 0.15) is 29.5 Å². The van der Waals surface area contributed by atoms with Crippen molar-refractivity contribution >= 4 is 11.6 Å². The fraction of sp³-hybridized carbons (Fsp3) is 0.300. The number of aryl methyl sites for hydroxylation is 1. The number of carbonyl (C=O) groups is 1. The van der Waals surface area contributed by atoms with Gasteiger partial charge in [0.2, 0.25) is 0 Å². The first kappa shape index (κ1) is 16.8. The minimum atomic E-state index is -0.217. The summed E-state index contributed by atoms with van der Waals surface area (Å²) in [5, 5.41) is 11.9. The molecule has 5 heteroatoms. The third-order valence-electron chi connectivity index (χ3n) is 4.32. The SMILES string of the molecule is COc1cc(C#N)ccc1OCC(=O)Nc1cccc2c1CCCC2. The number of ether oxygens (including phenoxy) is 2. The summed E-state index contributed by atoms with van der Waals surface area (Å²) in [6.07, 6.45) is 4.42. The van der Waals surface area contributed by atoms with Gasteiger partial charge in [-0.1, -0.05) is 12.1 Å². The number of nitrogens with one attached hydrogen (secondary N) is 1. The van der Waals surface area contributed by atoms with Crippen molar-refractivity contribution < 1.29 is 14.3 Å². The molecule has 128 valence electrons. The summed E-state index contributed by atoms with van der Waals surface area (Å²) in [5.41, 5.74) is 3.90. The molecule has 0 spiro atoms. The molecule has 0 saturated carbocycles. The standard InChI is InChI=1S/C20H20N2O3/c1-24-19-11-14(12-21)9-10-18(19)25-13-20(23)22-17-8-4-6-15-5-2-3-7-16(15)17/h4,6,8-11H,2-3,5,7,13H2,1H3,(H,22,23). The molecule has 0 aromatic heterocycles. The summed E-state index contributed by atoms with van der Waals surface area (Å²) in [4.78, 5) is 12.3. The van der Waals surface area contributed by atoms with Gasteiger partial charge in [0.15, 0.2) is 18.1 Å². The number of rotatable bonds is 5. The maximum atomic E-state index is 12.3. The van der Waals surface area contributed by atoms with E-state index in [0.717, 1.165) is 24.9 Å². The van der Waals surface area contributed by atoms with Gasteiger partial charge >= 0.3 is 0 Å². The predicted molar refractivity (Wildman–Crippen MR) is 94.9 cm³/mol. The molecule has 0 radical (unpaired) electrons. The topological polar surface area (TPSA) is 71.3 Å². The Morgan fingerprint density at radius 1 is 1.20 bits per heavy atom. The van der Waals surface area contributed by atoms with Gasteiger partial charge in [-0.25, -0.2) is 0 Å². The molecule has 0 bridgehead atoms. The molecule has 25 heavy (non-hydrogen) atoms. The lowest BCUT2D eigenvalue weighted by molar-refractivity contribution is -0.118. The van der Waals surface area contributed by atoms with Crippen molar-refractivity contribution in [2.75, 3.05) is 19.0 Å². The van der Waals surface area contributed by atoms with Crippen molar-refractivity contribution in [1.82, 2.24) is 0 Å². The van der Waals surface area contributed by atoms with E-state index in [1.54, 1.807) is 18.2 Å². The van der Waals surface area contributed by atoms with Crippen molar-refractivity contribution in [3.05, 3.63) is 53.1 Å². The molecule has 0 saturated heterocycles. The van der Waals surface area contributed by atoms with E-state index in [2.05, 4.69) is 11.4 Å². The smallest absolute Gasteiger partial charge is 0.262 e. The number of nitrogens with zero attached hydrogens (tertiary/aromatic N) is 1. The van der Waals surface area contributed by atoms with Crippen molar-refractivity contribution in [3.8, 4) is 17.6 Å². The highest BCUT2D eigenvalue weighted by molar-refractivity contribution is 5.92. The van der Waals surface area contributed by atoms with Crippen LogP contribution >= 0.6 is 0 Å². The van der Waals surface area contributed by atoms with Gasteiger partial charge in [-0.2, -0.15) is 5.26 Å². The van der Waals surface area contributed by atoms with Crippen molar-refractivity contribution in [3.63, 3.8) is 0 Å². The van der Waals surface area contributed by atoms with E-state index >= 15 is 0 Å². The third-order valence-corrected chi connectivity index (χ3v) is 4.32. The van der Waals surface area contributed by atoms with E-state index in [9.17, 15) is 4.79 Å². The molecule has 1 N–H and O–H groups in total. The Morgan fingerprint density at radius 3 is 2.84 bits per heavy atom. The van der Waals surface area contributed by atoms with Gasteiger partial charge in [0.05, 0.1) is 18.7 Å². The van der Waals surface area contributed by atoms with E-state index in [1.807, 2.05) is 18.2 Å². The quantitative estimate of drug-likeness (QED) is 0.907. The number of methoxy groups -OCH3 is 1. The summed E-state index contributed by atoms with van der Waals surface area (Å²) in [5.74, 6) is 0.654. The number of hydrogen-bond acceptors (Lipinski definition) is 4. The minimum absolute atomic E-state index is 0.119. The lowest BCUT2D eigenvalue weighted by Crippen LogP contribution is -2.22. The second kappa shape index (κ2) is 7.71. The summed E-state index contributed by atoms with van der Waals surface area (Å²) in [6.45, 7) is -0.119. The molecule has 0 atom stereocenters. The molecule has 1 amide bonds. The summed E-state index contributed by atoms with van der Waals surface area (Å²) in [7, 11) is 1.50. The minimum Gasteiger partial charge on any atom is -0.493 e. The zero-order chi connectivity index (χ0) is 17.6. The van der Waals surface area contributed by atoms with E-state index in [4.69, 9.17) is 14.7 Å². The molecule has 5 nitrogen and oxygen atoms in total. The van der Waals surface area contributed by atoms with Crippen molar-refractivity contribution in [2.24, 2.45) is 0 Å². The summed E-state index contributed by atoms with van der Waals surface area (Å²) in [6, 6.07) is 12.9. The molecule has 0 fully saturated rings. The van der Waals surface area contributed by atoms with Crippen LogP contribution in [-0.2, 0) is 17.6 Å². The summed E-state index contributed by atoms with van der Waals surface area (Å²) < 4.78 is 10.8. The average molecular weight is 336 g/mol. The molecule has 2 aromatic carbocycles. The molecule has 1 aliphatic rings. The number of amides is 1. The third kappa shape index (κ3) is 3.92. The Kier molecular flexibility index (Phi) is 5.20. The van der Waals surface area contributed by atoms with Gasteiger partial charge in [0.1, 0.15) is 0 Å². The molecular weight excluding hydrogens is 316 g/mol. The second-order valence-electron chi connectivity index (χ2n) is 5.96. The molecule has 3 rings (SSSR count). The predicted octanol–water partition coefficient (Wildman–Crippen LogP) is 3.46. The number of nitriles is 1. The van der Waals surface area contributed by atoms with E-state index < -0.39 is 0 Å². The van der Waals surface area contributed by atoms with E-state index in [0.29, 0.717) is 17.1 Å². The molecule has 1 aliphatic carbocycles.